The molecule has 5 rings (SSSR count). The quantitative estimate of drug-likeness (QED) is 0.438. The van der Waals surface area contributed by atoms with Crippen molar-refractivity contribution in [2.24, 2.45) is 0 Å². The molecule has 0 unspecified atom stereocenters. The lowest BCUT2D eigenvalue weighted by Crippen LogP contribution is -2.47. The summed E-state index contributed by atoms with van der Waals surface area (Å²) in [5.41, 5.74) is 1.75. The van der Waals surface area contributed by atoms with Crippen molar-refractivity contribution in [2.45, 2.75) is 6.61 Å². The second-order valence-corrected chi connectivity index (χ2v) is 7.57. The summed E-state index contributed by atoms with van der Waals surface area (Å²) in [6.45, 7) is 3.30. The van der Waals surface area contributed by atoms with E-state index < -0.39 is 11.9 Å². The zero-order valence-corrected chi connectivity index (χ0v) is 17.7. The number of aromatic nitrogens is 2. The van der Waals surface area contributed by atoms with Crippen molar-refractivity contribution in [2.75, 3.05) is 36.0 Å². The molecule has 0 aliphatic carbocycles. The molecule has 33 heavy (non-hydrogen) atoms. The third-order valence-electron chi connectivity index (χ3n) is 5.35. The number of benzene rings is 1. The standard InChI is InChI=1S/C23H22N6O4/c30-21-19(25-23(31)27-21)13-16-14-20(33-15-18-7-4-12-32-18)26-22(24-16)29-10-8-28(9-11-29)17-5-2-1-3-6-17/h1-7,12-14H,8-11,15H2,(H2,25,27,30,31). The Morgan fingerprint density at radius 1 is 0.970 bits per heavy atom. The van der Waals surface area contributed by atoms with Crippen LogP contribution in [-0.2, 0) is 11.4 Å². The van der Waals surface area contributed by atoms with E-state index in [1.165, 1.54) is 11.8 Å². The Balaban J connectivity index is 1.37. The van der Waals surface area contributed by atoms with Crippen LogP contribution < -0.4 is 25.2 Å². The predicted molar refractivity (Wildman–Crippen MR) is 121 cm³/mol. The van der Waals surface area contributed by atoms with Crippen LogP contribution in [0.3, 0.4) is 0 Å². The van der Waals surface area contributed by atoms with E-state index in [0.29, 0.717) is 23.3 Å². The fourth-order valence-corrected chi connectivity index (χ4v) is 3.69. The minimum atomic E-state index is -0.563. The van der Waals surface area contributed by atoms with Gasteiger partial charge in [0.2, 0.25) is 11.8 Å². The van der Waals surface area contributed by atoms with E-state index in [1.54, 1.807) is 18.4 Å². The van der Waals surface area contributed by atoms with Gasteiger partial charge in [-0.3, -0.25) is 10.1 Å². The molecule has 0 atom stereocenters. The smallest absolute Gasteiger partial charge is 0.326 e. The number of nitrogens with zero attached hydrogens (tertiary/aromatic N) is 4. The van der Waals surface area contributed by atoms with E-state index in [9.17, 15) is 9.59 Å². The highest BCUT2D eigenvalue weighted by Crippen LogP contribution is 2.22. The van der Waals surface area contributed by atoms with Crippen molar-refractivity contribution in [1.82, 2.24) is 20.6 Å². The van der Waals surface area contributed by atoms with Crippen LogP contribution in [-0.4, -0.2) is 48.1 Å². The number of rotatable bonds is 6. The molecule has 2 fully saturated rings. The van der Waals surface area contributed by atoms with Crippen molar-refractivity contribution in [3.63, 3.8) is 0 Å². The number of ether oxygens (including phenoxy) is 1. The molecule has 0 bridgehead atoms. The van der Waals surface area contributed by atoms with Crippen molar-refractivity contribution in [3.05, 3.63) is 71.9 Å². The van der Waals surface area contributed by atoms with Crippen LogP contribution in [0.25, 0.3) is 6.08 Å². The number of amides is 3. The number of hydrogen-bond acceptors (Lipinski definition) is 8. The zero-order chi connectivity index (χ0) is 22.6. The monoisotopic (exact) mass is 446 g/mol. The number of urea groups is 1. The van der Waals surface area contributed by atoms with Gasteiger partial charge < -0.3 is 24.3 Å². The Bertz CT molecular complexity index is 1170. The van der Waals surface area contributed by atoms with Gasteiger partial charge in [-0.05, 0) is 30.3 Å². The van der Waals surface area contributed by atoms with Crippen LogP contribution in [0.15, 0.2) is 64.9 Å². The van der Waals surface area contributed by atoms with Gasteiger partial charge in [0.05, 0.1) is 12.0 Å². The molecule has 2 saturated heterocycles. The van der Waals surface area contributed by atoms with E-state index in [2.05, 4.69) is 42.5 Å². The molecular weight excluding hydrogens is 424 g/mol. The first-order valence-electron chi connectivity index (χ1n) is 10.6. The summed E-state index contributed by atoms with van der Waals surface area (Å²) in [6.07, 6.45) is 3.08. The van der Waals surface area contributed by atoms with Crippen LogP contribution in [0.2, 0.25) is 0 Å². The Morgan fingerprint density at radius 3 is 2.45 bits per heavy atom. The van der Waals surface area contributed by atoms with Gasteiger partial charge in [0.25, 0.3) is 5.91 Å². The number of imide groups is 1. The van der Waals surface area contributed by atoms with Crippen LogP contribution in [0.5, 0.6) is 5.88 Å². The summed E-state index contributed by atoms with van der Waals surface area (Å²) in [5.74, 6) is 0.998. The van der Waals surface area contributed by atoms with E-state index >= 15 is 0 Å². The second-order valence-electron chi connectivity index (χ2n) is 7.57. The highest BCUT2D eigenvalue weighted by atomic mass is 16.5. The summed E-state index contributed by atoms with van der Waals surface area (Å²) >= 11 is 0. The third-order valence-corrected chi connectivity index (χ3v) is 5.35. The molecule has 0 saturated carbocycles. The maximum absolute atomic E-state index is 11.9. The summed E-state index contributed by atoms with van der Waals surface area (Å²) < 4.78 is 11.1. The summed E-state index contributed by atoms with van der Waals surface area (Å²) in [7, 11) is 0. The lowest BCUT2D eigenvalue weighted by atomic mass is 10.2. The molecule has 4 heterocycles. The molecule has 10 nitrogen and oxygen atoms in total. The largest absolute Gasteiger partial charge is 0.469 e. The average Bonchev–Trinajstić information content (AvgIpc) is 3.47. The number of nitrogens with one attached hydrogen (secondary N) is 2. The minimum Gasteiger partial charge on any atom is -0.469 e. The van der Waals surface area contributed by atoms with Crippen molar-refractivity contribution >= 4 is 29.7 Å². The molecule has 168 valence electrons. The molecule has 0 spiro atoms. The van der Waals surface area contributed by atoms with Gasteiger partial charge in [-0.25, -0.2) is 9.78 Å². The Morgan fingerprint density at radius 2 is 1.76 bits per heavy atom. The Labute approximate surface area is 189 Å². The van der Waals surface area contributed by atoms with Gasteiger partial charge in [-0.1, -0.05) is 18.2 Å². The van der Waals surface area contributed by atoms with E-state index in [-0.39, 0.29) is 12.3 Å². The molecule has 2 aliphatic rings. The highest BCUT2D eigenvalue weighted by Gasteiger charge is 2.24. The van der Waals surface area contributed by atoms with Gasteiger partial charge in [0, 0.05) is 37.9 Å². The topological polar surface area (TPSA) is 113 Å². The number of anilines is 2. The first-order chi connectivity index (χ1) is 16.1. The molecule has 2 aliphatic heterocycles. The molecule has 2 aromatic heterocycles. The molecule has 10 heteroatoms. The lowest BCUT2D eigenvalue weighted by molar-refractivity contribution is -0.115. The maximum atomic E-state index is 11.9. The fraction of sp³-hybridized carbons (Fsp3) is 0.217. The van der Waals surface area contributed by atoms with Crippen molar-refractivity contribution in [1.29, 1.82) is 0 Å². The Kier molecular flexibility index (Phi) is 5.62. The second kappa shape index (κ2) is 9.03. The first kappa shape index (κ1) is 20.6. The number of para-hydroxylation sites is 1. The number of carbonyl (C=O) groups is 2. The van der Waals surface area contributed by atoms with Gasteiger partial charge in [0.1, 0.15) is 18.1 Å². The van der Waals surface area contributed by atoms with Crippen LogP contribution in [0, 0.1) is 0 Å². The van der Waals surface area contributed by atoms with Gasteiger partial charge in [-0.2, -0.15) is 4.98 Å². The fourth-order valence-electron chi connectivity index (χ4n) is 3.69. The van der Waals surface area contributed by atoms with Crippen molar-refractivity contribution < 1.29 is 18.7 Å². The number of piperazine rings is 1. The average molecular weight is 446 g/mol. The van der Waals surface area contributed by atoms with Gasteiger partial charge >= 0.3 is 6.03 Å². The minimum absolute atomic E-state index is 0.121. The van der Waals surface area contributed by atoms with Crippen LogP contribution in [0.1, 0.15) is 11.5 Å². The maximum Gasteiger partial charge on any atom is 0.326 e. The Hall–Kier alpha value is -4.34. The highest BCUT2D eigenvalue weighted by molar-refractivity contribution is 6.13. The number of furan rings is 1. The molecule has 2 N–H and O–H groups in total. The van der Waals surface area contributed by atoms with Gasteiger partial charge in [-0.15, -0.1) is 0 Å². The molecule has 1 aromatic carbocycles. The molecule has 3 aromatic rings. The van der Waals surface area contributed by atoms with Crippen LogP contribution >= 0.6 is 0 Å². The molecule has 0 radical (unpaired) electrons. The zero-order valence-electron chi connectivity index (χ0n) is 17.7. The van der Waals surface area contributed by atoms with Crippen LogP contribution in [0.4, 0.5) is 16.4 Å². The normalized spacial score (nSPS) is 17.3. The summed E-state index contributed by atoms with van der Waals surface area (Å²) in [4.78, 5) is 37.0. The number of carbonyl (C=O) groups excluding carboxylic acids is 2. The third kappa shape index (κ3) is 4.79. The van der Waals surface area contributed by atoms with Crippen molar-refractivity contribution in [3.8, 4) is 5.88 Å². The SMILES string of the molecule is O=C1NC(=O)C(=Cc2cc(OCc3ccco3)nc(N3CCN(c4ccccc4)CC3)n2)N1. The first-order valence-corrected chi connectivity index (χ1v) is 10.6. The number of hydrogen-bond donors (Lipinski definition) is 2. The van der Waals surface area contributed by atoms with Gasteiger partial charge in [0.15, 0.2) is 0 Å². The summed E-state index contributed by atoms with van der Waals surface area (Å²) in [5, 5.41) is 4.66. The molecular formula is C23H22N6O4. The van der Waals surface area contributed by atoms with E-state index in [1.807, 2.05) is 24.3 Å². The van der Waals surface area contributed by atoms with E-state index in [0.717, 1.165) is 26.2 Å². The predicted octanol–water partition coefficient (Wildman–Crippen LogP) is 2.16. The summed E-state index contributed by atoms with van der Waals surface area (Å²) in [6, 6.07) is 14.9. The lowest BCUT2D eigenvalue weighted by Gasteiger charge is -2.36. The van der Waals surface area contributed by atoms with E-state index in [4.69, 9.17) is 9.15 Å². The molecule has 3 amide bonds.